The molecule has 1 heterocycles. The van der Waals surface area contributed by atoms with Gasteiger partial charge in [0.1, 0.15) is 0 Å². The first kappa shape index (κ1) is 15.1. The molecule has 0 aliphatic carbocycles. The number of hydrogen-bond acceptors (Lipinski definition) is 1. The Hall–Kier alpha value is -1.28. The Morgan fingerprint density at radius 3 is 2.75 bits per heavy atom. The van der Waals surface area contributed by atoms with E-state index < -0.39 is 0 Å². The van der Waals surface area contributed by atoms with Crippen molar-refractivity contribution in [1.82, 2.24) is 9.88 Å². The molecule has 1 aromatic carbocycles. The van der Waals surface area contributed by atoms with Crippen LogP contribution < -0.4 is 5.32 Å². The molecule has 1 atom stereocenters. The number of rotatable bonds is 8. The summed E-state index contributed by atoms with van der Waals surface area (Å²) in [6, 6.07) is 9.06. The molecule has 0 radical (unpaired) electrons. The van der Waals surface area contributed by atoms with Crippen molar-refractivity contribution in [1.29, 1.82) is 0 Å². The fourth-order valence-electron chi connectivity index (χ4n) is 2.92. The molecule has 0 fully saturated rings. The molecule has 0 bridgehead atoms. The Bertz CT molecular complexity index is 527. The maximum absolute atomic E-state index is 3.21. The maximum Gasteiger partial charge on any atom is 0.0480 e. The van der Waals surface area contributed by atoms with Crippen LogP contribution in [0.1, 0.15) is 45.1 Å². The van der Waals surface area contributed by atoms with Crippen LogP contribution in [0.15, 0.2) is 30.5 Å². The molecular formula is C18H28N2. The molecule has 0 saturated carbocycles. The van der Waals surface area contributed by atoms with Gasteiger partial charge in [-0.3, -0.25) is 0 Å². The third kappa shape index (κ3) is 3.63. The lowest BCUT2D eigenvalue weighted by atomic mass is 9.99. The summed E-state index contributed by atoms with van der Waals surface area (Å²) < 4.78 is 2.43. The van der Waals surface area contributed by atoms with E-state index in [1.165, 1.54) is 42.1 Å². The summed E-state index contributed by atoms with van der Waals surface area (Å²) in [4.78, 5) is 0. The number of unbranched alkanes of at least 4 members (excludes halogenated alkanes) is 1. The van der Waals surface area contributed by atoms with E-state index in [4.69, 9.17) is 0 Å². The molecule has 20 heavy (non-hydrogen) atoms. The van der Waals surface area contributed by atoms with Gasteiger partial charge in [0, 0.05) is 24.8 Å². The monoisotopic (exact) mass is 272 g/mol. The van der Waals surface area contributed by atoms with Crippen molar-refractivity contribution in [2.75, 3.05) is 7.05 Å². The van der Waals surface area contributed by atoms with E-state index in [1.54, 1.807) is 0 Å². The lowest BCUT2D eigenvalue weighted by Crippen LogP contribution is -2.09. The molecule has 2 rings (SSSR count). The average molecular weight is 272 g/mol. The summed E-state index contributed by atoms with van der Waals surface area (Å²) >= 11 is 0. The van der Waals surface area contributed by atoms with Gasteiger partial charge in [0.25, 0.3) is 0 Å². The minimum Gasteiger partial charge on any atom is -0.347 e. The molecule has 1 N–H and O–H groups in total. The van der Waals surface area contributed by atoms with E-state index in [-0.39, 0.29) is 0 Å². The minimum absolute atomic E-state index is 0.808. The van der Waals surface area contributed by atoms with E-state index in [0.29, 0.717) is 0 Å². The second-order valence-electron chi connectivity index (χ2n) is 5.81. The topological polar surface area (TPSA) is 17.0 Å². The van der Waals surface area contributed by atoms with Gasteiger partial charge in [-0.15, -0.1) is 0 Å². The van der Waals surface area contributed by atoms with E-state index in [0.717, 1.165) is 19.0 Å². The van der Waals surface area contributed by atoms with Crippen LogP contribution >= 0.6 is 0 Å². The number of benzene rings is 1. The number of fused-ring (bicyclic) bond motifs is 1. The van der Waals surface area contributed by atoms with Gasteiger partial charge in [0.15, 0.2) is 0 Å². The summed E-state index contributed by atoms with van der Waals surface area (Å²) in [5, 5.41) is 4.58. The van der Waals surface area contributed by atoms with Gasteiger partial charge in [0.05, 0.1) is 0 Å². The first-order valence-electron chi connectivity index (χ1n) is 8.00. The highest BCUT2D eigenvalue weighted by molar-refractivity contribution is 5.80. The highest BCUT2D eigenvalue weighted by Crippen LogP contribution is 2.22. The van der Waals surface area contributed by atoms with Gasteiger partial charge in [-0.2, -0.15) is 0 Å². The lowest BCUT2D eigenvalue weighted by Gasteiger charge is -2.16. The van der Waals surface area contributed by atoms with Crippen LogP contribution in [0.25, 0.3) is 10.9 Å². The van der Waals surface area contributed by atoms with Crippen LogP contribution in [0.3, 0.4) is 0 Å². The predicted octanol–water partition coefficient (Wildman–Crippen LogP) is 4.58. The van der Waals surface area contributed by atoms with Gasteiger partial charge in [0.2, 0.25) is 0 Å². The molecule has 2 heteroatoms. The van der Waals surface area contributed by atoms with E-state index in [2.05, 4.69) is 54.2 Å². The third-order valence-electron chi connectivity index (χ3n) is 4.21. The van der Waals surface area contributed by atoms with Crippen LogP contribution in [0.5, 0.6) is 0 Å². The smallest absolute Gasteiger partial charge is 0.0480 e. The molecule has 0 aliphatic rings. The largest absolute Gasteiger partial charge is 0.347 e. The highest BCUT2D eigenvalue weighted by atomic mass is 15.0. The molecule has 0 aliphatic heterocycles. The molecule has 2 aromatic rings. The normalized spacial score (nSPS) is 12.9. The Labute approximate surface area is 123 Å². The number of hydrogen-bond donors (Lipinski definition) is 1. The second-order valence-corrected chi connectivity index (χ2v) is 5.81. The van der Waals surface area contributed by atoms with Crippen LogP contribution in [-0.4, -0.2) is 11.6 Å². The summed E-state index contributed by atoms with van der Waals surface area (Å²) in [7, 11) is 1.99. The fraction of sp³-hybridized carbons (Fsp3) is 0.556. The van der Waals surface area contributed by atoms with E-state index in [9.17, 15) is 0 Å². The van der Waals surface area contributed by atoms with Gasteiger partial charge >= 0.3 is 0 Å². The first-order chi connectivity index (χ1) is 9.78. The SMILES string of the molecule is CCCCC(CC)Cn1ccc2cc(CNC)ccc21. The minimum atomic E-state index is 0.808. The standard InChI is InChI=1S/C18H28N2/c1-4-6-7-15(5-2)14-20-11-10-17-12-16(13-19-3)8-9-18(17)20/h8-12,15,19H,4-7,13-14H2,1-3H3. The van der Waals surface area contributed by atoms with Gasteiger partial charge in [-0.25, -0.2) is 0 Å². The van der Waals surface area contributed by atoms with Crippen molar-refractivity contribution in [3.8, 4) is 0 Å². The summed E-state index contributed by atoms with van der Waals surface area (Å²) in [6.07, 6.45) is 7.53. The van der Waals surface area contributed by atoms with Crippen molar-refractivity contribution >= 4 is 10.9 Å². The van der Waals surface area contributed by atoms with Crippen molar-refractivity contribution in [2.45, 2.75) is 52.6 Å². The molecule has 2 nitrogen and oxygen atoms in total. The van der Waals surface area contributed by atoms with Crippen LogP contribution in [0.4, 0.5) is 0 Å². The fourth-order valence-corrected chi connectivity index (χ4v) is 2.92. The molecule has 1 aromatic heterocycles. The van der Waals surface area contributed by atoms with E-state index >= 15 is 0 Å². The van der Waals surface area contributed by atoms with Crippen LogP contribution in [-0.2, 0) is 13.1 Å². The number of aromatic nitrogens is 1. The lowest BCUT2D eigenvalue weighted by molar-refractivity contribution is 0.396. The molecule has 0 amide bonds. The Kier molecular flexibility index (Phi) is 5.66. The van der Waals surface area contributed by atoms with Crippen molar-refractivity contribution < 1.29 is 0 Å². The number of nitrogens with zero attached hydrogens (tertiary/aromatic N) is 1. The van der Waals surface area contributed by atoms with Gasteiger partial charge in [-0.05, 0) is 48.5 Å². The summed E-state index contributed by atoms with van der Waals surface area (Å²) in [6.45, 7) is 6.69. The number of nitrogens with one attached hydrogen (secondary N) is 1. The Morgan fingerprint density at radius 2 is 2.05 bits per heavy atom. The Balaban J connectivity index is 2.14. The van der Waals surface area contributed by atoms with Crippen molar-refractivity contribution in [2.24, 2.45) is 5.92 Å². The zero-order valence-electron chi connectivity index (χ0n) is 13.2. The molecule has 1 unspecified atom stereocenters. The first-order valence-corrected chi connectivity index (χ1v) is 8.00. The van der Waals surface area contributed by atoms with Crippen molar-refractivity contribution in [3.05, 3.63) is 36.0 Å². The van der Waals surface area contributed by atoms with E-state index in [1.807, 2.05) is 7.05 Å². The van der Waals surface area contributed by atoms with Crippen LogP contribution in [0, 0.1) is 5.92 Å². The average Bonchev–Trinajstić information content (AvgIpc) is 2.86. The molecule has 0 saturated heterocycles. The third-order valence-corrected chi connectivity index (χ3v) is 4.21. The quantitative estimate of drug-likeness (QED) is 0.744. The molecule has 0 spiro atoms. The van der Waals surface area contributed by atoms with Gasteiger partial charge in [-0.1, -0.05) is 39.2 Å². The Morgan fingerprint density at radius 1 is 1.20 bits per heavy atom. The van der Waals surface area contributed by atoms with Gasteiger partial charge < -0.3 is 9.88 Å². The molecular weight excluding hydrogens is 244 g/mol. The highest BCUT2D eigenvalue weighted by Gasteiger charge is 2.09. The van der Waals surface area contributed by atoms with Crippen LogP contribution in [0.2, 0.25) is 0 Å². The zero-order chi connectivity index (χ0) is 14.4. The zero-order valence-corrected chi connectivity index (χ0v) is 13.2. The summed E-state index contributed by atoms with van der Waals surface area (Å²) in [5.74, 6) is 0.808. The summed E-state index contributed by atoms with van der Waals surface area (Å²) in [5.41, 5.74) is 2.73. The van der Waals surface area contributed by atoms with Crippen molar-refractivity contribution in [3.63, 3.8) is 0 Å². The second kappa shape index (κ2) is 7.49. The predicted molar refractivity (Wildman–Crippen MR) is 88.0 cm³/mol. The molecule has 110 valence electrons. The maximum atomic E-state index is 3.21.